The van der Waals surface area contributed by atoms with Gasteiger partial charge in [-0.25, -0.2) is 4.39 Å². The summed E-state index contributed by atoms with van der Waals surface area (Å²) in [7, 11) is 1.59. The third-order valence-corrected chi connectivity index (χ3v) is 12.2. The van der Waals surface area contributed by atoms with Gasteiger partial charge in [0.15, 0.2) is 24.4 Å². The number of carbonyl (C=O) groups excluding carboxylic acids is 8. The summed E-state index contributed by atoms with van der Waals surface area (Å²) in [6.45, 7) is 4.78. The summed E-state index contributed by atoms with van der Waals surface area (Å²) >= 11 is 0. The maximum Gasteiger partial charge on any atom is 0.303 e. The van der Waals surface area contributed by atoms with E-state index in [1.54, 1.807) is 24.1 Å². The molecule has 0 bridgehead atoms. The number of methoxy groups -OCH3 is 1. The van der Waals surface area contributed by atoms with Crippen molar-refractivity contribution in [2.24, 2.45) is 5.92 Å². The number of unbranched alkanes of at least 4 members (excludes halogenated alkanes) is 7. The average molecular weight is 1020 g/mol. The van der Waals surface area contributed by atoms with E-state index in [0.29, 0.717) is 43.5 Å². The van der Waals surface area contributed by atoms with Gasteiger partial charge in [0.05, 0.1) is 31.7 Å². The molecule has 19 heteroatoms. The lowest BCUT2D eigenvalue weighted by Crippen LogP contribution is -2.55. The number of rotatable bonds is 31. The highest BCUT2D eigenvalue weighted by atomic mass is 19.1. The van der Waals surface area contributed by atoms with Crippen molar-refractivity contribution in [1.82, 2.24) is 10.6 Å². The molecule has 0 aromatic heterocycles. The zero-order valence-corrected chi connectivity index (χ0v) is 42.6. The molecule has 1 fully saturated rings. The summed E-state index contributed by atoms with van der Waals surface area (Å²) in [4.78, 5) is 101. The number of aliphatic hydroxyl groups is 1. The number of β-lactam (4-membered cyclic amide) rings is 1. The first kappa shape index (κ1) is 58.7. The van der Waals surface area contributed by atoms with Crippen LogP contribution in [0.3, 0.4) is 0 Å². The maximum absolute atomic E-state index is 13.7. The third kappa shape index (κ3) is 19.9. The molecule has 0 saturated carbocycles. The summed E-state index contributed by atoms with van der Waals surface area (Å²) in [6, 6.07) is 20.6. The molecule has 3 amide bonds. The minimum Gasteiger partial charge on any atom is -0.497 e. The smallest absolute Gasteiger partial charge is 0.303 e. The topological polar surface area (TPSA) is 239 Å². The maximum atomic E-state index is 13.7. The molecule has 1 aliphatic heterocycles. The highest BCUT2D eigenvalue weighted by molar-refractivity contribution is 6.03. The van der Waals surface area contributed by atoms with Crippen LogP contribution in [0.15, 0.2) is 72.8 Å². The van der Waals surface area contributed by atoms with Gasteiger partial charge in [-0.1, -0.05) is 74.9 Å². The first-order valence-corrected chi connectivity index (χ1v) is 24.7. The molecule has 3 aromatic carbocycles. The Kier molecular flexibility index (Phi) is 24.3. The molecule has 73 heavy (non-hydrogen) atoms. The van der Waals surface area contributed by atoms with E-state index >= 15 is 0 Å². The quantitative estimate of drug-likeness (QED) is 0.0255. The van der Waals surface area contributed by atoms with E-state index in [1.807, 2.05) is 48.5 Å². The number of benzene rings is 3. The molecule has 1 saturated heterocycles. The van der Waals surface area contributed by atoms with E-state index in [2.05, 4.69) is 10.6 Å². The van der Waals surface area contributed by atoms with Crippen molar-refractivity contribution in [3.63, 3.8) is 0 Å². The van der Waals surface area contributed by atoms with Gasteiger partial charge in [0, 0.05) is 59.7 Å². The van der Waals surface area contributed by atoms with Crippen molar-refractivity contribution >= 4 is 53.3 Å². The van der Waals surface area contributed by atoms with Gasteiger partial charge in [-0.05, 0) is 78.8 Å². The number of esters is 5. The number of hydrogen-bond acceptors (Lipinski definition) is 15. The minimum absolute atomic E-state index is 0.0544. The van der Waals surface area contributed by atoms with Crippen molar-refractivity contribution in [3.05, 3.63) is 95.3 Å². The number of aliphatic hydroxyl groups excluding tert-OH is 1. The van der Waals surface area contributed by atoms with Gasteiger partial charge in [0.1, 0.15) is 18.2 Å². The molecule has 0 spiro atoms. The summed E-state index contributed by atoms with van der Waals surface area (Å²) < 4.78 is 45.2. The molecular weight excluding hydrogens is 950 g/mol. The Morgan fingerprint density at radius 1 is 0.630 bits per heavy atom. The SMILES string of the molecule is COc1ccc([C@@H]2[C@@H](CCC(O)c3ccc(F)cc3)C(=O)N2c2ccc(CNC(=O)CCCCCCCCCCC(=O)NCC(OC(C)=O)[C@@H](OC(C)=O)[C@H](OC(C)=O)[C@@H](COC(C)=O)OC(C)=O)cc2)cc1. The lowest BCUT2D eigenvalue weighted by atomic mass is 9.78. The van der Waals surface area contributed by atoms with Crippen LogP contribution in [0, 0.1) is 11.7 Å². The zero-order valence-electron chi connectivity index (χ0n) is 42.6. The van der Waals surface area contributed by atoms with E-state index < -0.39 is 67.0 Å². The van der Waals surface area contributed by atoms with E-state index in [0.717, 1.165) is 96.4 Å². The fraction of sp³-hybridized carbons (Fsp3) is 0.519. The molecule has 3 N–H and O–H groups in total. The Hall–Kier alpha value is -6.89. The molecule has 0 radical (unpaired) electrons. The van der Waals surface area contributed by atoms with Gasteiger partial charge in [0.2, 0.25) is 17.7 Å². The van der Waals surface area contributed by atoms with Crippen LogP contribution in [-0.2, 0) is 68.6 Å². The Morgan fingerprint density at radius 3 is 1.66 bits per heavy atom. The number of hydrogen-bond donors (Lipinski definition) is 3. The molecule has 1 aliphatic rings. The van der Waals surface area contributed by atoms with Crippen LogP contribution >= 0.6 is 0 Å². The lowest BCUT2D eigenvalue weighted by Gasteiger charge is -2.48. The zero-order chi connectivity index (χ0) is 53.5. The van der Waals surface area contributed by atoms with Crippen LogP contribution in [0.5, 0.6) is 5.75 Å². The summed E-state index contributed by atoms with van der Waals surface area (Å²) in [5, 5.41) is 16.4. The molecule has 2 unspecified atom stereocenters. The lowest BCUT2D eigenvalue weighted by molar-refractivity contribution is -0.202. The first-order chi connectivity index (χ1) is 34.9. The van der Waals surface area contributed by atoms with Gasteiger partial charge >= 0.3 is 29.8 Å². The predicted octanol–water partition coefficient (Wildman–Crippen LogP) is 6.98. The van der Waals surface area contributed by atoms with Gasteiger partial charge < -0.3 is 49.1 Å². The van der Waals surface area contributed by atoms with E-state index in [-0.39, 0.29) is 48.5 Å². The highest BCUT2D eigenvalue weighted by Crippen LogP contribution is 2.46. The van der Waals surface area contributed by atoms with Crippen LogP contribution in [0.4, 0.5) is 10.1 Å². The Bertz CT molecular complexity index is 2290. The second kappa shape index (κ2) is 30.2. The fourth-order valence-corrected chi connectivity index (χ4v) is 8.63. The summed E-state index contributed by atoms with van der Waals surface area (Å²) in [5.41, 5.74) is 3.13. The minimum atomic E-state index is -1.60. The Labute approximate surface area is 425 Å². The second-order valence-electron chi connectivity index (χ2n) is 18.0. The third-order valence-electron chi connectivity index (χ3n) is 12.2. The van der Waals surface area contributed by atoms with Gasteiger partial charge in [0.25, 0.3) is 0 Å². The molecule has 4 rings (SSSR count). The number of nitrogens with zero attached hydrogens (tertiary/aromatic N) is 1. The molecule has 0 aliphatic carbocycles. The van der Waals surface area contributed by atoms with Gasteiger partial charge in [-0.3, -0.25) is 38.4 Å². The highest BCUT2D eigenvalue weighted by Gasteiger charge is 2.48. The van der Waals surface area contributed by atoms with Crippen molar-refractivity contribution in [2.45, 2.75) is 155 Å². The average Bonchev–Trinajstić information content (AvgIpc) is 3.34. The second-order valence-corrected chi connectivity index (χ2v) is 18.0. The normalized spacial score (nSPS) is 16.1. The number of amides is 3. The van der Waals surface area contributed by atoms with Crippen LogP contribution in [0.25, 0.3) is 0 Å². The number of nitrogens with one attached hydrogen (secondary N) is 2. The molecular formula is C54H70FN3O15. The number of anilines is 1. The van der Waals surface area contributed by atoms with Crippen LogP contribution in [-0.4, -0.2) is 97.4 Å². The van der Waals surface area contributed by atoms with Gasteiger partial charge in [-0.2, -0.15) is 0 Å². The fourth-order valence-electron chi connectivity index (χ4n) is 8.63. The molecule has 398 valence electrons. The van der Waals surface area contributed by atoms with E-state index in [4.69, 9.17) is 28.4 Å². The monoisotopic (exact) mass is 1020 g/mol. The predicted molar refractivity (Wildman–Crippen MR) is 264 cm³/mol. The number of carbonyl (C=O) groups is 8. The number of ether oxygens (including phenoxy) is 6. The largest absolute Gasteiger partial charge is 0.497 e. The Morgan fingerprint density at radius 2 is 1.14 bits per heavy atom. The molecule has 1 heterocycles. The van der Waals surface area contributed by atoms with Crippen LogP contribution in [0.2, 0.25) is 0 Å². The Balaban J connectivity index is 1.15. The van der Waals surface area contributed by atoms with Crippen molar-refractivity contribution in [2.75, 3.05) is 25.2 Å². The van der Waals surface area contributed by atoms with E-state index in [9.17, 15) is 47.9 Å². The first-order valence-electron chi connectivity index (χ1n) is 24.7. The van der Waals surface area contributed by atoms with E-state index in [1.165, 1.54) is 12.1 Å². The van der Waals surface area contributed by atoms with Crippen molar-refractivity contribution < 1.29 is 76.3 Å². The molecule has 3 aromatic rings. The molecule has 7 atom stereocenters. The van der Waals surface area contributed by atoms with Crippen molar-refractivity contribution in [3.8, 4) is 5.75 Å². The van der Waals surface area contributed by atoms with Crippen LogP contribution < -0.4 is 20.3 Å². The summed E-state index contributed by atoms with van der Waals surface area (Å²) in [5.74, 6) is -4.65. The molecule has 18 nitrogen and oxygen atoms in total. The number of halogens is 1. The van der Waals surface area contributed by atoms with Crippen molar-refractivity contribution in [1.29, 1.82) is 0 Å². The van der Waals surface area contributed by atoms with Gasteiger partial charge in [-0.15, -0.1) is 0 Å². The van der Waals surface area contributed by atoms with Crippen LogP contribution in [0.1, 0.15) is 141 Å². The summed E-state index contributed by atoms with van der Waals surface area (Å²) in [6.07, 6.45) is 1.16. The standard InChI is InChI=1S/C54H70FN3O15/c1-34(59)69-33-48(71-36(3)61)53(73-38(5)63)52(72-37(4)62)47(70-35(2)60)32-57-50(66)16-14-12-10-8-7-9-11-13-15-49(65)56-31-39-17-25-43(26-18-39)58-51(41-21-27-44(68-6)28-22-41)45(54(58)67)29-30-46(64)40-19-23-42(55)24-20-40/h17-28,45-48,51-53,64H,7-16,29-33H2,1-6H3,(H,56,65)(H,57,66)/t45-,46?,47?,48-,51-,52-,53-/m1/s1.